The second kappa shape index (κ2) is 6.13. The molecule has 1 amide bonds. The minimum Gasteiger partial charge on any atom is -0.339 e. The highest BCUT2D eigenvalue weighted by molar-refractivity contribution is 9.10. The molecule has 1 atom stereocenters. The molecule has 1 aliphatic heterocycles. The van der Waals surface area contributed by atoms with E-state index in [9.17, 15) is 13.2 Å². The zero-order valence-electron chi connectivity index (χ0n) is 13.0. The number of rotatable bonds is 3. The Kier molecular flexibility index (Phi) is 4.71. The molecule has 0 unspecified atom stereocenters. The van der Waals surface area contributed by atoms with Gasteiger partial charge in [0.25, 0.3) is 0 Å². The van der Waals surface area contributed by atoms with Crippen LogP contribution in [0.15, 0.2) is 33.6 Å². The molecule has 0 radical (unpaired) electrons. The van der Waals surface area contributed by atoms with Crippen molar-refractivity contribution < 1.29 is 13.2 Å². The van der Waals surface area contributed by atoms with Gasteiger partial charge in [0.2, 0.25) is 15.9 Å². The van der Waals surface area contributed by atoms with Crippen molar-refractivity contribution in [3.8, 4) is 0 Å². The maximum absolute atomic E-state index is 12.7. The summed E-state index contributed by atoms with van der Waals surface area (Å²) in [6, 6.07) is 6.60. The van der Waals surface area contributed by atoms with Crippen LogP contribution in [0.5, 0.6) is 0 Å². The first kappa shape index (κ1) is 18.5. The number of halogens is 3. The van der Waals surface area contributed by atoms with Crippen molar-refractivity contribution in [3.05, 3.63) is 28.7 Å². The monoisotopic (exact) mass is 454 g/mol. The van der Waals surface area contributed by atoms with Gasteiger partial charge in [-0.05, 0) is 31.5 Å². The van der Waals surface area contributed by atoms with Gasteiger partial charge in [-0.1, -0.05) is 22.0 Å². The lowest BCUT2D eigenvalue weighted by molar-refractivity contribution is -0.137. The molecule has 1 heterocycles. The van der Waals surface area contributed by atoms with Crippen molar-refractivity contribution in [2.45, 2.75) is 22.6 Å². The van der Waals surface area contributed by atoms with E-state index in [0.717, 1.165) is 0 Å². The Morgan fingerprint density at radius 3 is 2.29 bits per heavy atom. The predicted octanol–water partition coefficient (Wildman–Crippen LogP) is 2.87. The summed E-state index contributed by atoms with van der Waals surface area (Å²) in [5, 5.41) is 0. The summed E-state index contributed by atoms with van der Waals surface area (Å²) in [5.74, 6) is -0.105. The van der Waals surface area contributed by atoms with Gasteiger partial charge in [0.15, 0.2) is 0 Å². The molecule has 0 N–H and O–H groups in total. The first-order valence-electron chi connectivity index (χ1n) is 7.51. The van der Waals surface area contributed by atoms with Crippen LogP contribution in [-0.4, -0.2) is 54.0 Å². The maximum Gasteiger partial charge on any atom is 0.243 e. The van der Waals surface area contributed by atoms with Gasteiger partial charge in [0.05, 0.1) is 10.3 Å². The average molecular weight is 456 g/mol. The van der Waals surface area contributed by atoms with Gasteiger partial charge in [-0.15, -0.1) is 23.2 Å². The van der Waals surface area contributed by atoms with Gasteiger partial charge in [-0.3, -0.25) is 4.79 Å². The second-order valence-electron chi connectivity index (χ2n) is 6.37. The number of piperazine rings is 1. The highest BCUT2D eigenvalue weighted by Gasteiger charge is 2.68. The molecular formula is C15H17BrCl2N2O3S. The number of carbonyl (C=O) groups is 1. The first-order valence-corrected chi connectivity index (χ1v) is 10.5. The van der Waals surface area contributed by atoms with Crippen molar-refractivity contribution in [3.63, 3.8) is 0 Å². The molecular weight excluding hydrogens is 439 g/mol. The number of sulfonamides is 1. The molecule has 5 nitrogen and oxygen atoms in total. The molecule has 1 saturated carbocycles. The topological polar surface area (TPSA) is 57.7 Å². The lowest BCUT2D eigenvalue weighted by atomic mass is 10.1. The lowest BCUT2D eigenvalue weighted by Crippen LogP contribution is -2.52. The van der Waals surface area contributed by atoms with E-state index in [1.54, 1.807) is 36.1 Å². The highest BCUT2D eigenvalue weighted by atomic mass is 79.9. The van der Waals surface area contributed by atoms with E-state index in [2.05, 4.69) is 15.9 Å². The lowest BCUT2D eigenvalue weighted by Gasteiger charge is -2.35. The van der Waals surface area contributed by atoms with E-state index in [-0.39, 0.29) is 23.9 Å². The Bertz CT molecular complexity index is 779. The zero-order chi connectivity index (χ0) is 17.8. The molecule has 3 rings (SSSR count). The van der Waals surface area contributed by atoms with E-state index in [1.807, 2.05) is 0 Å². The summed E-state index contributed by atoms with van der Waals surface area (Å²) < 4.78 is 26.5. The van der Waals surface area contributed by atoms with Crippen LogP contribution in [0.2, 0.25) is 0 Å². The van der Waals surface area contributed by atoms with Crippen molar-refractivity contribution in [2.24, 2.45) is 5.41 Å². The third kappa shape index (κ3) is 3.09. The van der Waals surface area contributed by atoms with Crippen LogP contribution in [0.3, 0.4) is 0 Å². The fourth-order valence-corrected chi connectivity index (χ4v) is 5.60. The number of carbonyl (C=O) groups excluding carboxylic acids is 1. The number of hydrogen-bond acceptors (Lipinski definition) is 3. The SMILES string of the molecule is C[C@]1(C(=O)N2CCN(S(=O)(=O)c3cccc(Br)c3)CC2)CC1(Cl)Cl. The molecule has 0 bridgehead atoms. The van der Waals surface area contributed by atoms with Crippen LogP contribution in [0.1, 0.15) is 13.3 Å². The standard InChI is InChI=1S/C15H17BrCl2N2O3S/c1-14(10-15(14,17)18)13(21)19-5-7-20(8-6-19)24(22,23)12-4-2-3-11(16)9-12/h2-4,9H,5-8,10H2,1H3/t14-/m1/s1. The minimum absolute atomic E-state index is 0.105. The Balaban J connectivity index is 1.68. The summed E-state index contributed by atoms with van der Waals surface area (Å²) in [7, 11) is -3.56. The number of alkyl halides is 2. The van der Waals surface area contributed by atoms with Crippen molar-refractivity contribution >= 4 is 55.1 Å². The fraction of sp³-hybridized carbons (Fsp3) is 0.533. The Morgan fingerprint density at radius 1 is 1.21 bits per heavy atom. The Morgan fingerprint density at radius 2 is 1.79 bits per heavy atom. The molecule has 0 spiro atoms. The molecule has 2 aliphatic rings. The van der Waals surface area contributed by atoms with Gasteiger partial charge in [0, 0.05) is 30.7 Å². The molecule has 132 valence electrons. The Labute approximate surface area is 160 Å². The molecule has 24 heavy (non-hydrogen) atoms. The van der Waals surface area contributed by atoms with Gasteiger partial charge >= 0.3 is 0 Å². The van der Waals surface area contributed by atoms with Gasteiger partial charge in [-0.25, -0.2) is 8.42 Å². The third-order valence-electron chi connectivity index (χ3n) is 4.69. The fourth-order valence-electron chi connectivity index (χ4n) is 2.89. The molecule has 1 aromatic carbocycles. The minimum atomic E-state index is -3.56. The van der Waals surface area contributed by atoms with Crippen LogP contribution in [0.4, 0.5) is 0 Å². The number of amides is 1. The Hall–Kier alpha value is -0.340. The van der Waals surface area contributed by atoms with Crippen LogP contribution >= 0.6 is 39.1 Å². The zero-order valence-corrected chi connectivity index (χ0v) is 16.9. The van der Waals surface area contributed by atoms with Crippen LogP contribution < -0.4 is 0 Å². The van der Waals surface area contributed by atoms with Crippen molar-refractivity contribution in [1.82, 2.24) is 9.21 Å². The summed E-state index contributed by atoms with van der Waals surface area (Å²) in [6.07, 6.45) is 0.429. The molecule has 1 aliphatic carbocycles. The van der Waals surface area contributed by atoms with E-state index in [1.165, 1.54) is 4.31 Å². The molecule has 1 aromatic rings. The summed E-state index contributed by atoms with van der Waals surface area (Å²) in [5.41, 5.74) is -0.762. The van der Waals surface area contributed by atoms with Crippen molar-refractivity contribution in [2.75, 3.05) is 26.2 Å². The number of hydrogen-bond donors (Lipinski definition) is 0. The van der Waals surface area contributed by atoms with Gasteiger partial charge in [-0.2, -0.15) is 4.31 Å². The number of nitrogens with zero attached hydrogens (tertiary/aromatic N) is 2. The summed E-state index contributed by atoms with van der Waals surface area (Å²) >= 11 is 15.4. The number of benzene rings is 1. The van der Waals surface area contributed by atoms with E-state index in [4.69, 9.17) is 23.2 Å². The normalized spacial score (nSPS) is 27.1. The van der Waals surface area contributed by atoms with Crippen LogP contribution in [0.25, 0.3) is 0 Å². The van der Waals surface area contributed by atoms with Crippen LogP contribution in [-0.2, 0) is 14.8 Å². The van der Waals surface area contributed by atoms with Crippen LogP contribution in [0, 0.1) is 5.41 Å². The highest BCUT2D eigenvalue weighted by Crippen LogP contribution is 2.64. The molecule has 9 heteroatoms. The predicted molar refractivity (Wildman–Crippen MR) is 96.6 cm³/mol. The van der Waals surface area contributed by atoms with Crippen molar-refractivity contribution in [1.29, 1.82) is 0 Å². The maximum atomic E-state index is 12.7. The first-order chi connectivity index (χ1) is 11.1. The average Bonchev–Trinajstić information content (AvgIpc) is 3.06. The van der Waals surface area contributed by atoms with E-state index in [0.29, 0.717) is 24.0 Å². The summed E-state index contributed by atoms with van der Waals surface area (Å²) in [6.45, 7) is 2.94. The van der Waals surface area contributed by atoms with Gasteiger partial charge in [0.1, 0.15) is 4.33 Å². The quantitative estimate of drug-likeness (QED) is 0.658. The second-order valence-corrected chi connectivity index (χ2v) is 10.7. The van der Waals surface area contributed by atoms with Gasteiger partial charge < -0.3 is 4.90 Å². The largest absolute Gasteiger partial charge is 0.339 e. The molecule has 1 saturated heterocycles. The summed E-state index contributed by atoms with van der Waals surface area (Å²) in [4.78, 5) is 14.4. The van der Waals surface area contributed by atoms with E-state index >= 15 is 0 Å². The molecule has 0 aromatic heterocycles. The van der Waals surface area contributed by atoms with E-state index < -0.39 is 19.8 Å². The molecule has 2 fully saturated rings. The third-order valence-corrected chi connectivity index (χ3v) is 8.18. The smallest absolute Gasteiger partial charge is 0.243 e.